The van der Waals surface area contributed by atoms with E-state index in [2.05, 4.69) is 18.8 Å². The molecule has 0 radical (unpaired) electrons. The van der Waals surface area contributed by atoms with Crippen molar-refractivity contribution >= 4 is 46.2 Å². The van der Waals surface area contributed by atoms with E-state index in [9.17, 15) is 137 Å². The molecule has 0 aliphatic heterocycles. The predicted octanol–water partition coefficient (Wildman–Crippen LogP) is 18.5. The number of rotatable bonds is 27. The number of hydrogen-bond donors (Lipinski definition) is 2. The zero-order valence-electron chi connectivity index (χ0n) is 52.8. The standard InChI is InChI=1S/C31H52N2O.2C18BF15/c1-3-5-7-9-11-13-15-17-19-21-29-30(22-20-18-16-14-12-10-8-6-4-2)33-31(32-29)27-23-25-28(34)26-24-27;2*20-4-1(5(21)11(27)16(32)10(4)26)19(2-6(22)12(28)17(33)13(29)7(2)23)3-8(24)14(30)18(34)15(31)9(3)25/h23-26,34H,3-22H2,1-2H3,(H,32,33);;. The van der Waals surface area contributed by atoms with Crippen molar-refractivity contribution in [3.05, 3.63) is 210 Å². The van der Waals surface area contributed by atoms with Crippen molar-refractivity contribution < 1.29 is 137 Å². The van der Waals surface area contributed by atoms with Crippen LogP contribution < -0.4 is 32.8 Å². The number of phenolic OH excluding ortho intramolecular Hbond substituents is 1. The summed E-state index contributed by atoms with van der Waals surface area (Å²) in [6.45, 7) is -3.35. The second-order valence-corrected chi connectivity index (χ2v) is 23.0. The first-order chi connectivity index (χ1) is 48.1. The fraction of sp³-hybridized carbons (Fsp3) is 0.328. The maximum atomic E-state index is 14.4. The summed E-state index contributed by atoms with van der Waals surface area (Å²) >= 11 is 0. The Morgan fingerprint density at radius 2 is 0.441 bits per heavy atom. The van der Waals surface area contributed by atoms with E-state index in [1.807, 2.05) is 12.1 Å². The normalized spacial score (nSPS) is 11.4. The first-order valence-electron chi connectivity index (χ1n) is 31.0. The van der Waals surface area contributed by atoms with Crippen LogP contribution in [0.5, 0.6) is 5.75 Å². The SMILES string of the molecule is CCCCCCCCCCCc1nc(-c2ccc(O)cc2)[nH]c1CCCCCCCCCCC.Fc1c(F)c(F)c(B(c2c(F)c(F)c(F)c(F)c2F)c2c(F)c(F)c(F)c(F)c2F)c(F)c1F.Fc1c(F)c(F)c(B(c2c(F)c(F)c(F)c(F)c2F)c2c(F)c(F)c(F)c(F)c2F)c(F)c1F. The summed E-state index contributed by atoms with van der Waals surface area (Å²) in [5.74, 6) is -89.2. The zero-order valence-corrected chi connectivity index (χ0v) is 52.8. The van der Waals surface area contributed by atoms with Crippen molar-refractivity contribution in [2.45, 2.75) is 142 Å². The molecular weight excluding hydrogens is 1440 g/mol. The van der Waals surface area contributed by atoms with Gasteiger partial charge in [-0.3, -0.25) is 0 Å². The molecule has 0 saturated heterocycles. The summed E-state index contributed by atoms with van der Waals surface area (Å²) in [5, 5.41) is 9.63. The molecule has 7 aromatic carbocycles. The van der Waals surface area contributed by atoms with Gasteiger partial charge in [0.15, 0.2) is 175 Å². The molecule has 0 aliphatic carbocycles. The Kier molecular flexibility index (Phi) is 29.2. The maximum Gasteiger partial charge on any atom is 0.265 e. The molecule has 0 aliphatic rings. The molecule has 8 aromatic rings. The Labute approximate surface area is 561 Å². The number of nitrogens with one attached hydrogen (secondary N) is 1. The highest BCUT2D eigenvalue weighted by Gasteiger charge is 2.47. The number of unbranched alkanes of at least 4 members (excludes halogenated alkanes) is 16. The summed E-state index contributed by atoms with van der Waals surface area (Å²) < 4.78 is 417. The molecule has 1 heterocycles. The number of benzene rings is 7. The van der Waals surface area contributed by atoms with E-state index in [4.69, 9.17) is 4.98 Å². The first kappa shape index (κ1) is 82.5. The molecule has 0 saturated carbocycles. The molecule has 2 N–H and O–H groups in total. The molecule has 102 heavy (non-hydrogen) atoms. The van der Waals surface area contributed by atoms with Crippen LogP contribution >= 0.6 is 0 Å². The van der Waals surface area contributed by atoms with Gasteiger partial charge in [-0.15, -0.1) is 0 Å². The summed E-state index contributed by atoms with van der Waals surface area (Å²) in [6.07, 6.45) is 26.7. The van der Waals surface area contributed by atoms with Gasteiger partial charge < -0.3 is 10.1 Å². The molecule has 0 fully saturated rings. The molecule has 0 unspecified atom stereocenters. The summed E-state index contributed by atoms with van der Waals surface area (Å²) in [4.78, 5) is 8.63. The highest BCUT2D eigenvalue weighted by Crippen LogP contribution is 2.29. The van der Waals surface area contributed by atoms with E-state index in [1.165, 1.54) is 127 Å². The summed E-state index contributed by atoms with van der Waals surface area (Å²) in [6, 6.07) is 7.41. The van der Waals surface area contributed by atoms with Crippen LogP contribution in [0.1, 0.15) is 141 Å². The van der Waals surface area contributed by atoms with Crippen LogP contribution in [-0.2, 0) is 12.8 Å². The number of phenols is 1. The number of nitrogens with zero attached hydrogens (tertiary/aromatic N) is 1. The van der Waals surface area contributed by atoms with Crippen LogP contribution in [0.25, 0.3) is 11.4 Å². The minimum atomic E-state index is -3.96. The van der Waals surface area contributed by atoms with Crippen LogP contribution in [0.15, 0.2) is 24.3 Å². The third-order valence-corrected chi connectivity index (χ3v) is 16.2. The number of aryl methyl sites for hydroxylation is 2. The van der Waals surface area contributed by atoms with Gasteiger partial charge >= 0.3 is 0 Å². The third kappa shape index (κ3) is 17.4. The fourth-order valence-electron chi connectivity index (χ4n) is 10.9. The second kappa shape index (κ2) is 36.1. The first-order valence-corrected chi connectivity index (χ1v) is 31.0. The van der Waals surface area contributed by atoms with Gasteiger partial charge in [-0.05, 0) is 49.9 Å². The molecule has 0 atom stereocenters. The van der Waals surface area contributed by atoms with Gasteiger partial charge in [-0.25, -0.2) is 137 Å². The number of hydrogen-bond acceptors (Lipinski definition) is 2. The highest BCUT2D eigenvalue weighted by molar-refractivity contribution is 6.96. The summed E-state index contributed by atoms with van der Waals surface area (Å²) in [5.41, 5.74) is -12.4. The highest BCUT2D eigenvalue weighted by atomic mass is 19.2. The average molecular weight is 1490 g/mol. The maximum absolute atomic E-state index is 14.4. The molecule has 35 heteroatoms. The van der Waals surface area contributed by atoms with Gasteiger partial charge in [-0.1, -0.05) is 117 Å². The minimum absolute atomic E-state index is 0.306. The van der Waals surface area contributed by atoms with Gasteiger partial charge in [0, 0.05) is 44.0 Å². The average Bonchev–Trinajstić information content (AvgIpc) is 0.803. The van der Waals surface area contributed by atoms with Crippen molar-refractivity contribution in [3.63, 3.8) is 0 Å². The lowest BCUT2D eigenvalue weighted by Gasteiger charge is -2.21. The lowest BCUT2D eigenvalue weighted by atomic mass is 9.36. The lowest BCUT2D eigenvalue weighted by Crippen LogP contribution is -2.60. The molecule has 8 rings (SSSR count). The smallest absolute Gasteiger partial charge is 0.265 e. The molecule has 0 bridgehead atoms. The Bertz CT molecular complexity index is 3590. The molecule has 552 valence electrons. The van der Waals surface area contributed by atoms with Crippen LogP contribution in [-0.4, -0.2) is 28.5 Å². The van der Waals surface area contributed by atoms with Crippen molar-refractivity contribution in [1.82, 2.24) is 9.97 Å². The predicted molar refractivity (Wildman–Crippen MR) is 314 cm³/mol. The number of H-pyrrole nitrogens is 1. The number of halogens is 30. The molecular formula is C67H52B2F30N2O. The number of aromatic nitrogens is 2. The van der Waals surface area contributed by atoms with Crippen LogP contribution in [0, 0.1) is 175 Å². The van der Waals surface area contributed by atoms with Crippen molar-refractivity contribution in [1.29, 1.82) is 0 Å². The number of imidazole rings is 1. The van der Waals surface area contributed by atoms with E-state index in [0.29, 0.717) is 5.75 Å². The topological polar surface area (TPSA) is 48.9 Å². The largest absolute Gasteiger partial charge is 0.508 e. The van der Waals surface area contributed by atoms with Crippen molar-refractivity contribution in [2.24, 2.45) is 0 Å². The van der Waals surface area contributed by atoms with E-state index >= 15 is 0 Å². The van der Waals surface area contributed by atoms with Gasteiger partial charge in [0.1, 0.15) is 11.6 Å². The molecule has 0 spiro atoms. The van der Waals surface area contributed by atoms with Crippen LogP contribution in [0.3, 0.4) is 0 Å². The van der Waals surface area contributed by atoms with Crippen molar-refractivity contribution in [3.8, 4) is 17.1 Å². The van der Waals surface area contributed by atoms with Crippen molar-refractivity contribution in [2.75, 3.05) is 0 Å². The Morgan fingerprint density at radius 3 is 0.657 bits per heavy atom. The Balaban J connectivity index is 0.000000241. The Hall–Kier alpha value is -8.42. The van der Waals surface area contributed by atoms with Crippen LogP contribution in [0.4, 0.5) is 132 Å². The molecule has 1 aromatic heterocycles. The van der Waals surface area contributed by atoms with E-state index in [-0.39, 0.29) is 0 Å². The van der Waals surface area contributed by atoms with E-state index in [0.717, 1.165) is 24.2 Å². The van der Waals surface area contributed by atoms with Gasteiger partial charge in [-0.2, -0.15) is 0 Å². The van der Waals surface area contributed by atoms with Gasteiger partial charge in [0.05, 0.1) is 5.69 Å². The lowest BCUT2D eigenvalue weighted by molar-refractivity contribution is 0.380. The molecule has 0 amide bonds. The zero-order chi connectivity index (χ0) is 76.2. The third-order valence-electron chi connectivity index (χ3n) is 16.2. The van der Waals surface area contributed by atoms with Gasteiger partial charge in [0.25, 0.3) is 13.4 Å². The van der Waals surface area contributed by atoms with E-state index < -0.39 is 221 Å². The summed E-state index contributed by atoms with van der Waals surface area (Å²) in [7, 11) is 0. The minimum Gasteiger partial charge on any atom is -0.508 e. The fourth-order valence-corrected chi connectivity index (χ4v) is 10.9. The van der Waals surface area contributed by atoms with Crippen LogP contribution in [0.2, 0.25) is 0 Å². The quantitative estimate of drug-likeness (QED) is 0.0177. The second-order valence-electron chi connectivity index (χ2n) is 23.0. The Morgan fingerprint density at radius 1 is 0.255 bits per heavy atom. The monoisotopic (exact) mass is 1490 g/mol. The number of aromatic hydroxyl groups is 1. The van der Waals surface area contributed by atoms with Gasteiger partial charge in [0.2, 0.25) is 0 Å². The molecule has 3 nitrogen and oxygen atoms in total. The van der Waals surface area contributed by atoms with E-state index in [1.54, 1.807) is 12.1 Å². The number of aromatic amines is 1.